The minimum Gasteiger partial charge on any atom is -0.384 e. The number of allylic oxidation sites excluding steroid dienone is 6. The van der Waals surface area contributed by atoms with Crippen LogP contribution in [-0.4, -0.2) is 5.54 Å². The van der Waals surface area contributed by atoms with Gasteiger partial charge in [0.1, 0.15) is 5.54 Å². The summed E-state index contributed by atoms with van der Waals surface area (Å²) in [5, 5.41) is 3.75. The van der Waals surface area contributed by atoms with E-state index < -0.39 is 0 Å². The Hall–Kier alpha value is -2.54. The first-order chi connectivity index (χ1) is 12.3. The van der Waals surface area contributed by atoms with Gasteiger partial charge in [0, 0.05) is 0 Å². The third kappa shape index (κ3) is 3.26. The van der Waals surface area contributed by atoms with Gasteiger partial charge in [0.25, 0.3) is 0 Å². The maximum Gasteiger partial charge on any atom is 2.00 e. The van der Waals surface area contributed by atoms with Gasteiger partial charge in [-0.15, -0.1) is 18.2 Å². The zero-order chi connectivity index (χ0) is 17.1. The molecule has 5 rings (SSSR count). The minimum absolute atomic E-state index is 0. The molecule has 130 valence electrons. The second-order valence-electron chi connectivity index (χ2n) is 6.42. The molecule has 1 unspecified atom stereocenters. The Morgan fingerprint density at radius 3 is 2.42 bits per heavy atom. The Balaban J connectivity index is 0.000000285. The summed E-state index contributed by atoms with van der Waals surface area (Å²) in [6.45, 7) is 2.19. The van der Waals surface area contributed by atoms with Crippen molar-refractivity contribution < 1.29 is 17.1 Å². The molecule has 0 bridgehead atoms. The van der Waals surface area contributed by atoms with Gasteiger partial charge in [-0.25, -0.2) is 12.1 Å². The summed E-state index contributed by atoms with van der Waals surface area (Å²) in [5.74, 6) is 0. The van der Waals surface area contributed by atoms with Crippen LogP contribution in [-0.2, 0) is 17.1 Å². The van der Waals surface area contributed by atoms with E-state index in [1.54, 1.807) is 0 Å². The van der Waals surface area contributed by atoms with Gasteiger partial charge in [0.15, 0.2) is 0 Å². The predicted octanol–water partition coefficient (Wildman–Crippen LogP) is 5.43. The van der Waals surface area contributed by atoms with Gasteiger partial charge >= 0.3 is 17.1 Å². The molecule has 26 heavy (non-hydrogen) atoms. The first-order valence-corrected chi connectivity index (χ1v) is 8.64. The topological polar surface area (TPSA) is 12.0 Å². The molecule has 0 radical (unpaired) electrons. The van der Waals surface area contributed by atoms with Gasteiger partial charge in [-0.2, -0.15) is 30.3 Å². The molecule has 1 atom stereocenters. The molecule has 2 heteroatoms. The molecule has 0 amide bonds. The van der Waals surface area contributed by atoms with Gasteiger partial charge in [-0.1, -0.05) is 53.7 Å². The van der Waals surface area contributed by atoms with Crippen molar-refractivity contribution in [1.29, 1.82) is 0 Å². The van der Waals surface area contributed by atoms with E-state index >= 15 is 0 Å². The van der Waals surface area contributed by atoms with Crippen molar-refractivity contribution in [2.24, 2.45) is 0 Å². The van der Waals surface area contributed by atoms with Gasteiger partial charge in [0.2, 0.25) is 0 Å². The van der Waals surface area contributed by atoms with Gasteiger partial charge in [-0.05, 0) is 23.8 Å². The van der Waals surface area contributed by atoms with Crippen molar-refractivity contribution in [3.8, 4) is 0 Å². The van der Waals surface area contributed by atoms with E-state index in [0.717, 1.165) is 0 Å². The summed E-state index contributed by atoms with van der Waals surface area (Å²) in [4.78, 5) is 0. The zero-order valence-electron chi connectivity index (χ0n) is 14.7. The Kier molecular flexibility index (Phi) is 5.46. The van der Waals surface area contributed by atoms with E-state index in [-0.39, 0.29) is 22.6 Å². The van der Waals surface area contributed by atoms with E-state index in [1.807, 2.05) is 30.3 Å². The molecule has 0 aromatic heterocycles. The predicted molar refractivity (Wildman–Crippen MR) is 106 cm³/mol. The minimum atomic E-state index is -0.199. The normalized spacial score (nSPS) is 22.0. The van der Waals surface area contributed by atoms with Crippen molar-refractivity contribution in [1.82, 2.24) is 5.32 Å². The fraction of sp³-hybridized carbons (Fsp3) is 0.0833. The molecule has 1 nitrogen and oxygen atoms in total. The third-order valence-electron chi connectivity index (χ3n) is 4.80. The first kappa shape index (κ1) is 18.3. The fourth-order valence-corrected chi connectivity index (χ4v) is 3.59. The fourth-order valence-electron chi connectivity index (χ4n) is 3.59. The summed E-state index contributed by atoms with van der Waals surface area (Å²) < 4.78 is 0. The number of rotatable bonds is 1. The van der Waals surface area contributed by atoms with Crippen molar-refractivity contribution >= 4 is 5.70 Å². The van der Waals surface area contributed by atoms with Crippen LogP contribution in [0.1, 0.15) is 12.5 Å². The van der Waals surface area contributed by atoms with Crippen molar-refractivity contribution in [2.45, 2.75) is 12.5 Å². The monoisotopic (exact) mass is 379 g/mol. The molecule has 3 aliphatic rings. The average Bonchev–Trinajstić information content (AvgIpc) is 3.36. The maximum atomic E-state index is 3.75. The molecule has 2 aliphatic carbocycles. The van der Waals surface area contributed by atoms with Crippen LogP contribution in [0.15, 0.2) is 120 Å². The van der Waals surface area contributed by atoms with Crippen LogP contribution < -0.4 is 5.32 Å². The molecule has 1 spiro atoms. The van der Waals surface area contributed by atoms with Crippen LogP contribution in [0.4, 0.5) is 0 Å². The van der Waals surface area contributed by atoms with Crippen LogP contribution in [0.3, 0.4) is 0 Å². The van der Waals surface area contributed by atoms with Crippen LogP contribution >= 0.6 is 0 Å². The molecular weight excluding hydrogens is 358 g/mol. The molecule has 1 aliphatic heterocycles. The quantitative estimate of drug-likeness (QED) is 0.515. The standard InChI is InChI=1S/C19H16N.C5H5.Fe/c1-14-13-18(15-7-2-3-8-15)20-19-12-5-4-9-16(19)10-6-11-17(14)19;1-2-4-5-3-1;/h2-13,20H,1H3;1-5H;/q2*-1;+2. The molecule has 2 aromatic carbocycles. The van der Waals surface area contributed by atoms with Crippen LogP contribution in [0.2, 0.25) is 0 Å². The Morgan fingerprint density at radius 2 is 1.73 bits per heavy atom. The SMILES string of the molecule is CC1=C2C=CC=C3C=CC=CC32NC([c-]2cccc2)=C1.[Fe+2].c1cc[cH-]c1. The Morgan fingerprint density at radius 1 is 0.962 bits per heavy atom. The van der Waals surface area contributed by atoms with Crippen LogP contribution in [0, 0.1) is 0 Å². The molecule has 2 aromatic rings. The van der Waals surface area contributed by atoms with Crippen LogP contribution in [0.5, 0.6) is 0 Å². The van der Waals surface area contributed by atoms with Crippen molar-refractivity contribution in [2.75, 3.05) is 0 Å². The number of hydrogen-bond donors (Lipinski definition) is 1. The van der Waals surface area contributed by atoms with Gasteiger partial charge in [-0.3, -0.25) is 0 Å². The van der Waals surface area contributed by atoms with E-state index in [0.29, 0.717) is 0 Å². The molecule has 0 fully saturated rings. The smallest absolute Gasteiger partial charge is 0.384 e. The molecular formula is C24H21FeN. The van der Waals surface area contributed by atoms with E-state index in [1.165, 1.54) is 28.0 Å². The average molecular weight is 379 g/mol. The Bertz CT molecular complexity index is 898. The zero-order valence-corrected chi connectivity index (χ0v) is 15.8. The van der Waals surface area contributed by atoms with Crippen molar-refractivity contribution in [3.63, 3.8) is 0 Å². The summed E-state index contributed by atoms with van der Waals surface area (Å²) in [6.07, 6.45) is 17.5. The van der Waals surface area contributed by atoms with Crippen molar-refractivity contribution in [3.05, 3.63) is 125 Å². The molecule has 1 heterocycles. The van der Waals surface area contributed by atoms with Gasteiger partial charge < -0.3 is 5.32 Å². The van der Waals surface area contributed by atoms with E-state index in [4.69, 9.17) is 0 Å². The maximum absolute atomic E-state index is 3.75. The number of nitrogens with one attached hydrogen (secondary N) is 1. The third-order valence-corrected chi connectivity index (χ3v) is 4.80. The van der Waals surface area contributed by atoms with Crippen LogP contribution in [0.25, 0.3) is 5.70 Å². The van der Waals surface area contributed by atoms with E-state index in [2.05, 4.69) is 85.1 Å². The molecule has 1 N–H and O–H groups in total. The Labute approximate surface area is 166 Å². The number of dihydropyridines is 1. The molecule has 0 saturated heterocycles. The second kappa shape index (κ2) is 7.78. The second-order valence-corrected chi connectivity index (χ2v) is 6.42. The first-order valence-electron chi connectivity index (χ1n) is 8.64. The molecule has 0 saturated carbocycles. The van der Waals surface area contributed by atoms with Gasteiger partial charge in [0.05, 0.1) is 0 Å². The summed E-state index contributed by atoms with van der Waals surface area (Å²) in [5.41, 5.74) is 6.20. The summed E-state index contributed by atoms with van der Waals surface area (Å²) in [6, 6.07) is 18.5. The largest absolute Gasteiger partial charge is 2.00 e. The van der Waals surface area contributed by atoms with E-state index in [9.17, 15) is 0 Å². The summed E-state index contributed by atoms with van der Waals surface area (Å²) in [7, 11) is 0. The summed E-state index contributed by atoms with van der Waals surface area (Å²) >= 11 is 0. The number of hydrogen-bond acceptors (Lipinski definition) is 1.